The molecule has 0 bridgehead atoms. The number of carbonyl (C=O) groups is 1. The van der Waals surface area contributed by atoms with Crippen LogP contribution in [-0.2, 0) is 25.8 Å². The third-order valence-electron chi connectivity index (χ3n) is 8.97. The van der Waals surface area contributed by atoms with E-state index in [0.717, 1.165) is 27.4 Å². The van der Waals surface area contributed by atoms with Crippen molar-refractivity contribution >= 4 is 17.4 Å². The van der Waals surface area contributed by atoms with Crippen LogP contribution in [0.2, 0.25) is 0 Å². The first-order valence-corrected chi connectivity index (χ1v) is 16.3. The lowest BCUT2D eigenvalue weighted by Gasteiger charge is -2.36. The zero-order valence-electron chi connectivity index (χ0n) is 26.5. The van der Waals surface area contributed by atoms with Crippen molar-refractivity contribution < 1.29 is 19.4 Å². The maximum Gasteiger partial charge on any atom is 0.407 e. The number of nitrogens with zero attached hydrogens (tertiary/aromatic N) is 1. The van der Waals surface area contributed by atoms with E-state index < -0.39 is 11.6 Å². The van der Waals surface area contributed by atoms with Gasteiger partial charge in [0.1, 0.15) is 17.4 Å². The van der Waals surface area contributed by atoms with Crippen LogP contribution in [0.5, 0.6) is 5.75 Å². The molecule has 2 heterocycles. The Bertz CT molecular complexity index is 1610. The van der Waals surface area contributed by atoms with Crippen LogP contribution in [0.4, 0.5) is 4.79 Å². The van der Waals surface area contributed by atoms with Crippen molar-refractivity contribution in [3.05, 3.63) is 93.3 Å². The molecule has 6 rings (SSSR count). The van der Waals surface area contributed by atoms with Gasteiger partial charge in [-0.15, -0.1) is 11.3 Å². The molecule has 230 valence electrons. The predicted octanol–water partition coefficient (Wildman–Crippen LogP) is 8.66. The Morgan fingerprint density at radius 3 is 2.05 bits per heavy atom. The normalized spacial score (nSPS) is 16.3. The summed E-state index contributed by atoms with van der Waals surface area (Å²) in [6.45, 7) is 14.0. The molecule has 44 heavy (non-hydrogen) atoms. The summed E-state index contributed by atoms with van der Waals surface area (Å²) in [5, 5.41) is 17.4. The molecule has 3 aromatic carbocycles. The average Bonchev–Trinajstić information content (AvgIpc) is 3.60. The number of nitrogens with one attached hydrogen (secondary N) is 1. The van der Waals surface area contributed by atoms with Gasteiger partial charge in [-0.2, -0.15) is 0 Å². The van der Waals surface area contributed by atoms with E-state index in [0.29, 0.717) is 31.8 Å². The highest BCUT2D eigenvalue weighted by Gasteiger charge is 2.40. The number of fused-ring (bicyclic) bond motifs is 3. The third kappa shape index (κ3) is 5.64. The number of hydrogen-bond acceptors (Lipinski definition) is 6. The van der Waals surface area contributed by atoms with Crippen LogP contribution >= 0.6 is 11.3 Å². The van der Waals surface area contributed by atoms with Crippen LogP contribution in [0, 0.1) is 0 Å². The Kier molecular flexibility index (Phi) is 7.83. The van der Waals surface area contributed by atoms with Gasteiger partial charge in [0.05, 0.1) is 11.2 Å². The molecule has 0 atom stereocenters. The lowest BCUT2D eigenvalue weighted by Crippen LogP contribution is -2.49. The molecule has 1 aliphatic heterocycles. The number of phenolic OH excluding ortho intramolecular Hbond substituents is 1. The minimum absolute atomic E-state index is 0.00576. The highest BCUT2D eigenvalue weighted by Crippen LogP contribution is 2.45. The number of benzene rings is 3. The van der Waals surface area contributed by atoms with E-state index in [1.54, 1.807) is 11.3 Å². The second-order valence-electron chi connectivity index (χ2n) is 14.1. The van der Waals surface area contributed by atoms with E-state index >= 15 is 0 Å². The van der Waals surface area contributed by atoms with Gasteiger partial charge < -0.3 is 19.9 Å². The summed E-state index contributed by atoms with van der Waals surface area (Å²) in [7, 11) is 0. The summed E-state index contributed by atoms with van der Waals surface area (Å²) in [6.07, 6.45) is 0.778. The molecule has 0 radical (unpaired) electrons. The Labute approximate surface area is 264 Å². The number of rotatable bonds is 5. The third-order valence-corrected chi connectivity index (χ3v) is 10.0. The largest absolute Gasteiger partial charge is 0.507 e. The van der Waals surface area contributed by atoms with E-state index in [-0.39, 0.29) is 23.4 Å². The van der Waals surface area contributed by atoms with Crippen LogP contribution in [0.1, 0.15) is 87.6 Å². The molecule has 1 fully saturated rings. The van der Waals surface area contributed by atoms with Crippen molar-refractivity contribution in [1.82, 2.24) is 10.3 Å². The smallest absolute Gasteiger partial charge is 0.407 e. The number of ether oxygens (including phenoxy) is 2. The number of alkyl carbamates (subject to hydrolysis) is 1. The number of carbonyl (C=O) groups excluding carboxylic acids is 1. The van der Waals surface area contributed by atoms with Crippen LogP contribution in [-0.4, -0.2) is 36.0 Å². The minimum atomic E-state index is -0.680. The molecule has 0 saturated carbocycles. The van der Waals surface area contributed by atoms with Gasteiger partial charge in [-0.1, -0.05) is 90.1 Å². The van der Waals surface area contributed by atoms with Crippen molar-refractivity contribution in [2.75, 3.05) is 19.8 Å². The topological polar surface area (TPSA) is 80.7 Å². The number of aromatic hydroxyl groups is 1. The molecule has 4 aromatic rings. The van der Waals surface area contributed by atoms with E-state index in [2.05, 4.69) is 101 Å². The Hall–Kier alpha value is -3.68. The second kappa shape index (κ2) is 11.4. The molecule has 7 heteroatoms. The second-order valence-corrected chi connectivity index (χ2v) is 15.0. The van der Waals surface area contributed by atoms with Gasteiger partial charge in [0.25, 0.3) is 0 Å². The van der Waals surface area contributed by atoms with Crippen LogP contribution in [0.25, 0.3) is 22.4 Å². The lowest BCUT2D eigenvalue weighted by molar-refractivity contribution is 0.0334. The number of hydrogen-bond donors (Lipinski definition) is 2. The fraction of sp³-hybridized carbons (Fsp3) is 0.405. The summed E-state index contributed by atoms with van der Waals surface area (Å²) < 4.78 is 11.7. The maximum atomic E-state index is 13.5. The zero-order valence-corrected chi connectivity index (χ0v) is 27.3. The maximum absolute atomic E-state index is 13.5. The first kappa shape index (κ1) is 30.4. The van der Waals surface area contributed by atoms with Crippen molar-refractivity contribution in [2.45, 2.75) is 76.7 Å². The van der Waals surface area contributed by atoms with E-state index in [4.69, 9.17) is 14.5 Å². The molecule has 1 saturated heterocycles. The quantitative estimate of drug-likeness (QED) is 0.236. The predicted molar refractivity (Wildman–Crippen MR) is 177 cm³/mol. The van der Waals surface area contributed by atoms with Gasteiger partial charge in [-0.3, -0.25) is 0 Å². The van der Waals surface area contributed by atoms with Gasteiger partial charge in [-0.05, 0) is 45.2 Å². The number of thiazole rings is 1. The standard InChI is InChI=1S/C37H42N2O4S/c1-35(2,3)29-19-23(20-30(32(29)40)36(4,5)6)31-22-44-33(38-31)37(15-17-42-18-16-37)39-34(41)43-21-28-26-13-9-7-11-24(26)25-12-8-10-14-27(25)28/h7-14,19-20,22,28,40H,15-18,21H2,1-6H3,(H,39,41). The number of amides is 1. The molecule has 2 aliphatic rings. The summed E-state index contributed by atoms with van der Waals surface area (Å²) in [4.78, 5) is 18.6. The Morgan fingerprint density at radius 2 is 1.50 bits per heavy atom. The molecule has 0 unspecified atom stereocenters. The first-order valence-electron chi connectivity index (χ1n) is 15.4. The lowest BCUT2D eigenvalue weighted by atomic mass is 9.78. The molecular formula is C37H42N2O4S. The highest BCUT2D eigenvalue weighted by atomic mass is 32.1. The first-order chi connectivity index (χ1) is 20.9. The van der Waals surface area contributed by atoms with Crippen molar-refractivity contribution in [2.24, 2.45) is 0 Å². The fourth-order valence-corrected chi connectivity index (χ4v) is 7.54. The van der Waals surface area contributed by atoms with Crippen LogP contribution < -0.4 is 5.32 Å². The monoisotopic (exact) mass is 610 g/mol. The van der Waals surface area contributed by atoms with Gasteiger partial charge in [0.2, 0.25) is 0 Å². The molecule has 0 spiro atoms. The van der Waals surface area contributed by atoms with E-state index in [9.17, 15) is 9.90 Å². The highest BCUT2D eigenvalue weighted by molar-refractivity contribution is 7.10. The fourth-order valence-electron chi connectivity index (χ4n) is 6.49. The van der Waals surface area contributed by atoms with Crippen molar-refractivity contribution in [3.63, 3.8) is 0 Å². The summed E-state index contributed by atoms with van der Waals surface area (Å²) in [5.74, 6) is 0.343. The molecule has 1 amide bonds. The number of phenols is 1. The summed E-state index contributed by atoms with van der Waals surface area (Å²) >= 11 is 1.55. The van der Waals surface area contributed by atoms with Gasteiger partial charge in [-0.25, -0.2) is 9.78 Å². The molecule has 1 aromatic heterocycles. The minimum Gasteiger partial charge on any atom is -0.507 e. The molecule has 6 nitrogen and oxygen atoms in total. The van der Waals surface area contributed by atoms with Crippen molar-refractivity contribution in [3.8, 4) is 28.1 Å². The molecule has 2 N–H and O–H groups in total. The SMILES string of the molecule is CC(C)(C)c1cc(-c2csc(C3(NC(=O)OCC4c5ccccc5-c5ccccc54)CCOCC3)n2)cc(C(C)(C)C)c1O. The summed E-state index contributed by atoms with van der Waals surface area (Å²) in [6, 6.07) is 20.8. The van der Waals surface area contributed by atoms with Crippen molar-refractivity contribution in [1.29, 1.82) is 0 Å². The number of aromatic nitrogens is 1. The van der Waals surface area contributed by atoms with Gasteiger partial charge in [0.15, 0.2) is 0 Å². The van der Waals surface area contributed by atoms with Gasteiger partial charge in [0, 0.05) is 54.0 Å². The molecule has 1 aliphatic carbocycles. The average molecular weight is 611 g/mol. The molecular weight excluding hydrogens is 568 g/mol. The van der Waals surface area contributed by atoms with Crippen LogP contribution in [0.3, 0.4) is 0 Å². The Balaban J connectivity index is 1.26. The van der Waals surface area contributed by atoms with E-state index in [1.807, 2.05) is 12.1 Å². The Morgan fingerprint density at radius 1 is 0.955 bits per heavy atom. The van der Waals surface area contributed by atoms with E-state index in [1.165, 1.54) is 22.3 Å². The van der Waals surface area contributed by atoms with Crippen LogP contribution in [0.15, 0.2) is 66.0 Å². The zero-order chi connectivity index (χ0) is 31.3. The summed E-state index contributed by atoms with van der Waals surface area (Å²) in [5.41, 5.74) is 7.19. The van der Waals surface area contributed by atoms with Gasteiger partial charge >= 0.3 is 6.09 Å².